The molecule has 7 N–H and O–H groups in total. The van der Waals surface area contributed by atoms with Crippen LogP contribution in [-0.2, 0) is 16.0 Å². The Morgan fingerprint density at radius 1 is 1.07 bits per heavy atom. The van der Waals surface area contributed by atoms with E-state index >= 15 is 0 Å². The van der Waals surface area contributed by atoms with Crippen LogP contribution in [0.3, 0.4) is 0 Å². The second-order valence-electron chi connectivity index (χ2n) is 11.3. The molecule has 5 rings (SSSR count). The van der Waals surface area contributed by atoms with Gasteiger partial charge in [-0.15, -0.1) is 0 Å². The summed E-state index contributed by atoms with van der Waals surface area (Å²) >= 11 is 0. The van der Waals surface area contributed by atoms with E-state index in [0.717, 1.165) is 0 Å². The lowest BCUT2D eigenvalue weighted by Gasteiger charge is -2.50. The van der Waals surface area contributed by atoms with Crippen molar-refractivity contribution in [3.05, 3.63) is 70.2 Å². The topological polar surface area (TPSA) is 203 Å². The average molecular weight is 593 g/mol. The molecule has 43 heavy (non-hydrogen) atoms. The molecule has 13 nitrogen and oxygen atoms in total. The second-order valence-corrected chi connectivity index (χ2v) is 11.3. The Kier molecular flexibility index (Phi) is 7.19. The number of nitrogens with two attached hydrogens (primary N) is 1. The van der Waals surface area contributed by atoms with Crippen molar-refractivity contribution in [2.24, 2.45) is 17.6 Å². The maximum atomic E-state index is 14.1. The molecule has 2 aromatic rings. The summed E-state index contributed by atoms with van der Waals surface area (Å²) in [6.07, 6.45) is -0.870. The first-order valence-electron chi connectivity index (χ1n) is 13.4. The van der Waals surface area contributed by atoms with Crippen LogP contribution in [0.1, 0.15) is 22.3 Å². The van der Waals surface area contributed by atoms with Gasteiger partial charge in [-0.05, 0) is 56.6 Å². The van der Waals surface area contributed by atoms with Crippen LogP contribution < -0.4 is 20.7 Å². The molecule has 0 heterocycles. The summed E-state index contributed by atoms with van der Waals surface area (Å²) < 4.78 is 5.25. The highest BCUT2D eigenvalue weighted by Gasteiger charge is 2.63. The number of aliphatic hydroxyl groups excluding tert-OH is 2. The zero-order valence-electron chi connectivity index (χ0n) is 23.9. The van der Waals surface area contributed by atoms with Crippen molar-refractivity contribution in [1.82, 2.24) is 4.90 Å². The molecule has 0 bridgehead atoms. The molecular weight excluding hydrogens is 560 g/mol. The van der Waals surface area contributed by atoms with E-state index in [1.165, 1.54) is 11.0 Å². The Balaban J connectivity index is 1.63. The molecule has 0 radical (unpaired) electrons. The van der Waals surface area contributed by atoms with E-state index in [-0.39, 0.29) is 35.4 Å². The smallest absolute Gasteiger partial charge is 0.417 e. The predicted molar refractivity (Wildman–Crippen MR) is 154 cm³/mol. The molecule has 2 amide bonds. The summed E-state index contributed by atoms with van der Waals surface area (Å²) in [6.45, 7) is 0. The van der Waals surface area contributed by atoms with Gasteiger partial charge >= 0.3 is 6.09 Å². The fourth-order valence-corrected chi connectivity index (χ4v) is 6.52. The van der Waals surface area contributed by atoms with Crippen molar-refractivity contribution in [3.63, 3.8) is 0 Å². The van der Waals surface area contributed by atoms with Gasteiger partial charge in [-0.2, -0.15) is 0 Å². The SMILES string of the molecule is CN(C)c1cc(NC(=O)Oc2ccccc2)c(O)c2c1CC1CC3C(N(C)C)C(O)=C(C(N)=O)C(=O)C3(O)C(O)=C1C2=O. The molecule has 13 heteroatoms. The number of aliphatic hydroxyl groups is 3. The van der Waals surface area contributed by atoms with Gasteiger partial charge < -0.3 is 35.8 Å². The number of ketones is 2. The zero-order valence-corrected chi connectivity index (χ0v) is 23.9. The Hall–Kier alpha value is -4.88. The van der Waals surface area contributed by atoms with Crippen LogP contribution in [0.15, 0.2) is 59.1 Å². The third kappa shape index (κ3) is 4.48. The molecule has 0 aromatic heterocycles. The first-order valence-corrected chi connectivity index (χ1v) is 13.4. The summed E-state index contributed by atoms with van der Waals surface area (Å²) in [4.78, 5) is 55.5. The molecule has 2 aromatic carbocycles. The number of amides is 2. The number of phenols is 1. The molecule has 0 spiro atoms. The third-order valence-corrected chi connectivity index (χ3v) is 8.37. The van der Waals surface area contributed by atoms with E-state index in [4.69, 9.17) is 10.5 Å². The van der Waals surface area contributed by atoms with E-state index in [0.29, 0.717) is 11.3 Å². The minimum Gasteiger partial charge on any atom is -0.510 e. The second kappa shape index (κ2) is 10.4. The van der Waals surface area contributed by atoms with E-state index < -0.39 is 69.9 Å². The van der Waals surface area contributed by atoms with E-state index in [9.17, 15) is 39.6 Å². The minimum atomic E-state index is -2.75. The van der Waals surface area contributed by atoms with E-state index in [1.807, 2.05) is 0 Å². The van der Waals surface area contributed by atoms with E-state index in [2.05, 4.69) is 5.32 Å². The predicted octanol–water partition coefficient (Wildman–Crippen LogP) is 1.80. The van der Waals surface area contributed by atoms with Crippen molar-refractivity contribution >= 4 is 34.9 Å². The lowest BCUT2D eigenvalue weighted by Crippen LogP contribution is -2.63. The summed E-state index contributed by atoms with van der Waals surface area (Å²) in [5.74, 6) is -7.32. The summed E-state index contributed by atoms with van der Waals surface area (Å²) in [5.41, 5.74) is 1.97. The van der Waals surface area contributed by atoms with Crippen molar-refractivity contribution < 1.29 is 44.3 Å². The lowest BCUT2D eigenvalue weighted by atomic mass is 9.58. The van der Waals surface area contributed by atoms with Crippen LogP contribution in [0.4, 0.5) is 16.2 Å². The monoisotopic (exact) mass is 592 g/mol. The van der Waals surface area contributed by atoms with Gasteiger partial charge in [0.1, 0.15) is 22.8 Å². The van der Waals surface area contributed by atoms with Gasteiger partial charge in [-0.3, -0.25) is 24.6 Å². The number of allylic oxidation sites excluding steroid dienone is 1. The fraction of sp³-hybridized carbons (Fsp3) is 0.333. The van der Waals surface area contributed by atoms with Gasteiger partial charge in [-0.1, -0.05) is 18.2 Å². The molecule has 3 aliphatic carbocycles. The number of fused-ring (bicyclic) bond motifs is 3. The van der Waals surface area contributed by atoms with Crippen LogP contribution in [0.5, 0.6) is 11.5 Å². The highest BCUT2D eigenvalue weighted by molar-refractivity contribution is 6.25. The molecule has 0 fully saturated rings. The van der Waals surface area contributed by atoms with Crippen molar-refractivity contribution in [1.29, 1.82) is 0 Å². The number of carbonyl (C=O) groups excluding carboxylic acids is 4. The largest absolute Gasteiger partial charge is 0.510 e. The minimum absolute atomic E-state index is 0.0389. The van der Waals surface area contributed by atoms with Crippen LogP contribution >= 0.6 is 0 Å². The van der Waals surface area contributed by atoms with E-state index in [1.54, 1.807) is 63.4 Å². The highest BCUT2D eigenvalue weighted by Crippen LogP contribution is 2.53. The molecule has 3 aliphatic rings. The number of phenolic OH excluding ortho intramolecular Hbond substituents is 1. The Morgan fingerprint density at radius 3 is 2.30 bits per heavy atom. The first-order chi connectivity index (χ1) is 20.2. The molecular formula is C30H32N4O9. The number of ether oxygens (including phenoxy) is 1. The third-order valence-electron chi connectivity index (χ3n) is 8.37. The van der Waals surface area contributed by atoms with Crippen LogP contribution in [0.2, 0.25) is 0 Å². The maximum Gasteiger partial charge on any atom is 0.417 e. The fourth-order valence-electron chi connectivity index (χ4n) is 6.52. The summed E-state index contributed by atoms with van der Waals surface area (Å²) in [5, 5.41) is 47.9. The number of anilines is 2. The van der Waals surface area contributed by atoms with Crippen molar-refractivity contribution in [2.75, 3.05) is 38.4 Å². The van der Waals surface area contributed by atoms with Crippen molar-refractivity contribution in [3.8, 4) is 11.5 Å². The van der Waals surface area contributed by atoms with Crippen LogP contribution in [0.25, 0.3) is 0 Å². The number of carbonyl (C=O) groups is 4. The molecule has 4 unspecified atom stereocenters. The Labute approximate surface area is 246 Å². The number of para-hydroxylation sites is 1. The number of benzene rings is 2. The standard InChI is InChI=1S/C30H32N4O9/c1-33(2)18-12-17(32-29(41)43-14-8-6-5-7-9-14)23(35)20-15(18)10-13-11-16-22(34(3)4)25(37)21(28(31)40)27(39)30(16,42)26(38)19(13)24(20)36/h5-9,12-13,16,22,35,37-38,42H,10-11H2,1-4H3,(H2,31,40)(H,32,41). The van der Waals surface area contributed by atoms with Crippen LogP contribution in [0, 0.1) is 11.8 Å². The van der Waals surface area contributed by atoms with Crippen LogP contribution in [-0.4, -0.2) is 88.7 Å². The number of nitrogens with zero attached hydrogens (tertiary/aromatic N) is 2. The lowest BCUT2D eigenvalue weighted by molar-refractivity contribution is -0.148. The number of primary amides is 1. The number of rotatable bonds is 5. The van der Waals surface area contributed by atoms with Crippen molar-refractivity contribution in [2.45, 2.75) is 24.5 Å². The van der Waals surface area contributed by atoms with Gasteiger partial charge in [0.25, 0.3) is 5.91 Å². The average Bonchev–Trinajstić information content (AvgIpc) is 2.92. The van der Waals surface area contributed by atoms with Gasteiger partial charge in [0.15, 0.2) is 17.1 Å². The highest BCUT2D eigenvalue weighted by atomic mass is 16.6. The zero-order chi connectivity index (χ0) is 31.5. The number of Topliss-reactive ketones (excluding diaryl/α,β-unsaturated/α-hetero) is 2. The molecule has 4 atom stereocenters. The van der Waals surface area contributed by atoms with Gasteiger partial charge in [0.05, 0.1) is 17.3 Å². The summed E-state index contributed by atoms with van der Waals surface area (Å²) in [7, 11) is 6.54. The maximum absolute atomic E-state index is 14.1. The number of aromatic hydroxyl groups is 1. The quantitative estimate of drug-likeness (QED) is 0.218. The van der Waals surface area contributed by atoms with Gasteiger partial charge in [-0.25, -0.2) is 4.79 Å². The molecule has 0 saturated heterocycles. The number of likely N-dealkylation sites (N-methyl/N-ethyl adjacent to an activating group) is 1. The summed E-state index contributed by atoms with van der Waals surface area (Å²) in [6, 6.07) is 8.60. The molecule has 226 valence electrons. The first kappa shape index (κ1) is 29.6. The number of hydrogen-bond acceptors (Lipinski definition) is 11. The van der Waals surface area contributed by atoms with Gasteiger partial charge in [0, 0.05) is 31.3 Å². The van der Waals surface area contributed by atoms with Gasteiger partial charge in [0.2, 0.25) is 5.78 Å². The molecule has 0 saturated carbocycles. The normalized spacial score (nSPS) is 24.7. The molecule has 0 aliphatic heterocycles. The number of nitrogens with one attached hydrogen (secondary N) is 1. The Morgan fingerprint density at radius 2 is 1.72 bits per heavy atom. The number of hydrogen-bond donors (Lipinski definition) is 6. The Bertz CT molecular complexity index is 1630.